The summed E-state index contributed by atoms with van der Waals surface area (Å²) >= 11 is 0. The lowest BCUT2D eigenvalue weighted by Crippen LogP contribution is -2.53. The first-order chi connectivity index (χ1) is 7.07. The van der Waals surface area contributed by atoms with Gasteiger partial charge in [0.1, 0.15) is 0 Å². The van der Waals surface area contributed by atoms with Gasteiger partial charge in [-0.25, -0.2) is 0 Å². The van der Waals surface area contributed by atoms with Crippen LogP contribution < -0.4 is 5.32 Å². The molecular formula is C12H26N2O. The second-order valence-corrected chi connectivity index (χ2v) is 5.05. The molecule has 1 unspecified atom stereocenters. The van der Waals surface area contributed by atoms with Gasteiger partial charge in [0.05, 0.1) is 12.7 Å². The van der Waals surface area contributed by atoms with Gasteiger partial charge in [-0.2, -0.15) is 0 Å². The van der Waals surface area contributed by atoms with Gasteiger partial charge in [0.2, 0.25) is 0 Å². The van der Waals surface area contributed by atoms with Gasteiger partial charge in [0, 0.05) is 25.2 Å². The maximum Gasteiger partial charge on any atom is 0.0700 e. The molecule has 0 radical (unpaired) electrons. The lowest BCUT2D eigenvalue weighted by atomic mass is 10.0. The van der Waals surface area contributed by atoms with Crippen molar-refractivity contribution in [2.45, 2.75) is 45.8 Å². The number of morpholine rings is 1. The predicted molar refractivity (Wildman–Crippen MR) is 64.2 cm³/mol. The summed E-state index contributed by atoms with van der Waals surface area (Å²) < 4.78 is 5.67. The predicted octanol–water partition coefficient (Wildman–Crippen LogP) is 1.49. The van der Waals surface area contributed by atoms with Crippen molar-refractivity contribution in [3.8, 4) is 0 Å². The smallest absolute Gasteiger partial charge is 0.0700 e. The minimum Gasteiger partial charge on any atom is -0.376 e. The molecule has 0 saturated carbocycles. The van der Waals surface area contributed by atoms with E-state index < -0.39 is 0 Å². The summed E-state index contributed by atoms with van der Waals surface area (Å²) in [5, 5.41) is 3.52. The molecular weight excluding hydrogens is 188 g/mol. The fourth-order valence-electron chi connectivity index (χ4n) is 2.26. The van der Waals surface area contributed by atoms with E-state index in [4.69, 9.17) is 4.74 Å². The molecule has 1 aliphatic heterocycles. The SMILES string of the molecule is CCNC(C)(C)CN1CCOC(CC)C1. The number of hydrogen-bond donors (Lipinski definition) is 1. The van der Waals surface area contributed by atoms with Crippen LogP contribution in [0.2, 0.25) is 0 Å². The monoisotopic (exact) mass is 214 g/mol. The summed E-state index contributed by atoms with van der Waals surface area (Å²) in [4.78, 5) is 2.51. The van der Waals surface area contributed by atoms with E-state index in [2.05, 4.69) is 37.9 Å². The highest BCUT2D eigenvalue weighted by Crippen LogP contribution is 2.12. The summed E-state index contributed by atoms with van der Waals surface area (Å²) in [6.07, 6.45) is 1.56. The molecule has 0 bridgehead atoms. The van der Waals surface area contributed by atoms with E-state index in [1.165, 1.54) is 0 Å². The van der Waals surface area contributed by atoms with Gasteiger partial charge in [-0.3, -0.25) is 4.90 Å². The molecule has 0 aromatic carbocycles. The Morgan fingerprint density at radius 3 is 2.73 bits per heavy atom. The Morgan fingerprint density at radius 2 is 2.13 bits per heavy atom. The Kier molecular flexibility index (Phi) is 5.03. The third-order valence-electron chi connectivity index (χ3n) is 2.95. The molecule has 1 aliphatic rings. The van der Waals surface area contributed by atoms with Crippen molar-refractivity contribution in [2.24, 2.45) is 0 Å². The minimum absolute atomic E-state index is 0.213. The summed E-state index contributed by atoms with van der Waals surface area (Å²) in [6.45, 7) is 14.1. The average molecular weight is 214 g/mol. The standard InChI is InChI=1S/C12H26N2O/c1-5-11-9-14(7-8-15-11)10-12(3,4)13-6-2/h11,13H,5-10H2,1-4H3. The third kappa shape index (κ3) is 4.49. The van der Waals surface area contributed by atoms with Crippen LogP contribution in [-0.4, -0.2) is 49.3 Å². The van der Waals surface area contributed by atoms with Crippen molar-refractivity contribution in [1.29, 1.82) is 0 Å². The van der Waals surface area contributed by atoms with Crippen LogP contribution in [0.4, 0.5) is 0 Å². The molecule has 1 fully saturated rings. The van der Waals surface area contributed by atoms with E-state index in [0.717, 1.165) is 39.2 Å². The second-order valence-electron chi connectivity index (χ2n) is 5.05. The van der Waals surface area contributed by atoms with Crippen molar-refractivity contribution in [1.82, 2.24) is 10.2 Å². The van der Waals surface area contributed by atoms with Gasteiger partial charge in [0.25, 0.3) is 0 Å². The first kappa shape index (κ1) is 12.9. The molecule has 0 amide bonds. The van der Waals surface area contributed by atoms with Crippen LogP contribution in [0.1, 0.15) is 34.1 Å². The van der Waals surface area contributed by atoms with Crippen molar-refractivity contribution in [2.75, 3.05) is 32.8 Å². The molecule has 1 rings (SSSR count). The van der Waals surface area contributed by atoms with Gasteiger partial charge in [-0.15, -0.1) is 0 Å². The molecule has 1 atom stereocenters. The number of nitrogens with zero attached hydrogens (tertiary/aromatic N) is 1. The Bertz CT molecular complexity index is 182. The molecule has 0 aliphatic carbocycles. The number of ether oxygens (including phenoxy) is 1. The summed E-state index contributed by atoms with van der Waals surface area (Å²) in [7, 11) is 0. The van der Waals surface area contributed by atoms with E-state index in [0.29, 0.717) is 6.10 Å². The molecule has 0 spiro atoms. The molecule has 15 heavy (non-hydrogen) atoms. The highest BCUT2D eigenvalue weighted by Gasteiger charge is 2.25. The zero-order valence-electron chi connectivity index (χ0n) is 10.7. The normalized spacial score (nSPS) is 24.4. The lowest BCUT2D eigenvalue weighted by molar-refractivity contribution is -0.0358. The van der Waals surface area contributed by atoms with Gasteiger partial charge in [-0.05, 0) is 26.8 Å². The van der Waals surface area contributed by atoms with E-state index in [1.807, 2.05) is 0 Å². The van der Waals surface area contributed by atoms with Crippen molar-refractivity contribution < 1.29 is 4.74 Å². The number of rotatable bonds is 5. The van der Waals surface area contributed by atoms with Crippen LogP contribution in [0.3, 0.4) is 0 Å². The maximum atomic E-state index is 5.67. The Hall–Kier alpha value is -0.120. The highest BCUT2D eigenvalue weighted by atomic mass is 16.5. The molecule has 1 saturated heterocycles. The number of nitrogens with one attached hydrogen (secondary N) is 1. The third-order valence-corrected chi connectivity index (χ3v) is 2.95. The van der Waals surface area contributed by atoms with Crippen molar-refractivity contribution >= 4 is 0 Å². The largest absolute Gasteiger partial charge is 0.376 e. The topological polar surface area (TPSA) is 24.5 Å². The van der Waals surface area contributed by atoms with Crippen molar-refractivity contribution in [3.05, 3.63) is 0 Å². The van der Waals surface area contributed by atoms with Gasteiger partial charge in [0.15, 0.2) is 0 Å². The van der Waals surface area contributed by atoms with Crippen LogP contribution in [0.5, 0.6) is 0 Å². The van der Waals surface area contributed by atoms with Gasteiger partial charge < -0.3 is 10.1 Å². The fourth-order valence-corrected chi connectivity index (χ4v) is 2.26. The quantitative estimate of drug-likeness (QED) is 0.750. The van der Waals surface area contributed by atoms with Crippen LogP contribution >= 0.6 is 0 Å². The molecule has 3 nitrogen and oxygen atoms in total. The zero-order valence-corrected chi connectivity index (χ0v) is 10.7. The van der Waals surface area contributed by atoms with Crippen molar-refractivity contribution in [3.63, 3.8) is 0 Å². The number of hydrogen-bond acceptors (Lipinski definition) is 3. The van der Waals surface area contributed by atoms with Gasteiger partial charge >= 0.3 is 0 Å². The Morgan fingerprint density at radius 1 is 1.40 bits per heavy atom. The van der Waals surface area contributed by atoms with Crippen LogP contribution in [-0.2, 0) is 4.74 Å². The lowest BCUT2D eigenvalue weighted by Gasteiger charge is -2.38. The molecule has 0 aromatic rings. The van der Waals surface area contributed by atoms with Crippen LogP contribution in [0.15, 0.2) is 0 Å². The fraction of sp³-hybridized carbons (Fsp3) is 1.00. The van der Waals surface area contributed by atoms with E-state index >= 15 is 0 Å². The number of likely N-dealkylation sites (N-methyl/N-ethyl adjacent to an activating group) is 1. The summed E-state index contributed by atoms with van der Waals surface area (Å²) in [6, 6.07) is 0. The Labute approximate surface area is 94.2 Å². The maximum absolute atomic E-state index is 5.67. The van der Waals surface area contributed by atoms with Crippen LogP contribution in [0, 0.1) is 0 Å². The second kappa shape index (κ2) is 5.83. The molecule has 1 heterocycles. The highest BCUT2D eigenvalue weighted by molar-refractivity contribution is 4.83. The summed E-state index contributed by atoms with van der Waals surface area (Å²) in [5.41, 5.74) is 0.213. The minimum atomic E-state index is 0.213. The van der Waals surface area contributed by atoms with E-state index in [1.54, 1.807) is 0 Å². The van der Waals surface area contributed by atoms with E-state index in [9.17, 15) is 0 Å². The molecule has 3 heteroatoms. The molecule has 0 aromatic heterocycles. The zero-order chi connectivity index (χ0) is 11.3. The first-order valence-corrected chi connectivity index (χ1v) is 6.16. The molecule has 1 N–H and O–H groups in total. The molecule has 90 valence electrons. The van der Waals surface area contributed by atoms with E-state index in [-0.39, 0.29) is 5.54 Å². The first-order valence-electron chi connectivity index (χ1n) is 6.16. The average Bonchev–Trinajstić information content (AvgIpc) is 2.17. The Balaban J connectivity index is 2.36. The summed E-state index contributed by atoms with van der Waals surface area (Å²) in [5.74, 6) is 0. The van der Waals surface area contributed by atoms with Crippen LogP contribution in [0.25, 0.3) is 0 Å². The van der Waals surface area contributed by atoms with Gasteiger partial charge in [-0.1, -0.05) is 13.8 Å².